The van der Waals surface area contributed by atoms with E-state index in [0.717, 1.165) is 25.1 Å². The van der Waals surface area contributed by atoms with Gasteiger partial charge in [-0.25, -0.2) is 0 Å². The van der Waals surface area contributed by atoms with Crippen LogP contribution < -0.4 is 0 Å². The second kappa shape index (κ2) is 6.03. The monoisotopic (exact) mass is 251 g/mol. The molecule has 1 fully saturated rings. The molecule has 2 rings (SSSR count). The van der Waals surface area contributed by atoms with Crippen LogP contribution in [0, 0.1) is 5.92 Å². The first-order valence-corrected chi connectivity index (χ1v) is 6.88. The molecule has 0 N–H and O–H groups in total. The van der Waals surface area contributed by atoms with E-state index in [1.807, 2.05) is 4.90 Å². The molecule has 1 saturated heterocycles. The summed E-state index contributed by atoms with van der Waals surface area (Å²) in [4.78, 5) is 25.3. The predicted molar refractivity (Wildman–Crippen MR) is 67.6 cm³/mol. The Morgan fingerprint density at radius 1 is 1.39 bits per heavy atom. The predicted octanol–water partition coefficient (Wildman–Crippen LogP) is 2.25. The van der Waals surface area contributed by atoms with Crippen LogP contribution in [-0.4, -0.2) is 29.9 Å². The van der Waals surface area contributed by atoms with E-state index in [9.17, 15) is 9.59 Å². The van der Waals surface area contributed by atoms with Crippen LogP contribution in [0.15, 0.2) is 11.8 Å². The second-order valence-electron chi connectivity index (χ2n) is 4.93. The van der Waals surface area contributed by atoms with E-state index in [1.165, 1.54) is 19.3 Å². The standard InChI is InChI=1S/C14H21NO3/c1-2-18-14(17)10-13(16)15-9-5-7-11-6-3-4-8-12(11)15/h8,11H,2-7,9-10H2,1H3. The molecule has 4 nitrogen and oxygen atoms in total. The van der Waals surface area contributed by atoms with Gasteiger partial charge in [-0.3, -0.25) is 9.59 Å². The zero-order chi connectivity index (χ0) is 13.0. The quantitative estimate of drug-likeness (QED) is 0.571. The van der Waals surface area contributed by atoms with Crippen LogP contribution in [-0.2, 0) is 14.3 Å². The van der Waals surface area contributed by atoms with Crippen molar-refractivity contribution in [3.8, 4) is 0 Å². The van der Waals surface area contributed by atoms with Crippen LogP contribution in [0.3, 0.4) is 0 Å². The number of likely N-dealkylation sites (tertiary alicyclic amines) is 1. The van der Waals surface area contributed by atoms with Crippen LogP contribution in [0.25, 0.3) is 0 Å². The van der Waals surface area contributed by atoms with E-state index < -0.39 is 5.97 Å². The number of rotatable bonds is 3. The van der Waals surface area contributed by atoms with Crippen LogP contribution in [0.2, 0.25) is 0 Å². The van der Waals surface area contributed by atoms with E-state index >= 15 is 0 Å². The molecule has 1 aliphatic carbocycles. The minimum atomic E-state index is -0.416. The molecule has 1 atom stereocenters. The summed E-state index contributed by atoms with van der Waals surface area (Å²) in [6, 6.07) is 0. The Balaban J connectivity index is 2.00. The number of ether oxygens (including phenoxy) is 1. The summed E-state index contributed by atoms with van der Waals surface area (Å²) in [5, 5.41) is 0. The molecular formula is C14H21NO3. The average Bonchev–Trinajstić information content (AvgIpc) is 2.38. The molecule has 0 bridgehead atoms. The van der Waals surface area contributed by atoms with Gasteiger partial charge in [0.05, 0.1) is 6.61 Å². The molecule has 0 aromatic rings. The van der Waals surface area contributed by atoms with Crippen molar-refractivity contribution in [2.24, 2.45) is 5.92 Å². The first kappa shape index (κ1) is 13.1. The third-order valence-electron chi connectivity index (χ3n) is 3.68. The number of piperidine rings is 1. The molecule has 4 heteroatoms. The first-order chi connectivity index (χ1) is 8.72. The van der Waals surface area contributed by atoms with Crippen molar-refractivity contribution in [2.75, 3.05) is 13.2 Å². The van der Waals surface area contributed by atoms with Gasteiger partial charge in [0.2, 0.25) is 5.91 Å². The van der Waals surface area contributed by atoms with Crippen molar-refractivity contribution in [3.05, 3.63) is 11.8 Å². The van der Waals surface area contributed by atoms with Gasteiger partial charge in [0.25, 0.3) is 0 Å². The topological polar surface area (TPSA) is 46.6 Å². The third kappa shape index (κ3) is 2.92. The maximum absolute atomic E-state index is 12.1. The lowest BCUT2D eigenvalue weighted by molar-refractivity contribution is -0.148. The molecule has 0 aromatic carbocycles. The maximum atomic E-state index is 12.1. The van der Waals surface area contributed by atoms with Gasteiger partial charge in [-0.15, -0.1) is 0 Å². The molecule has 0 spiro atoms. The van der Waals surface area contributed by atoms with Gasteiger partial charge >= 0.3 is 5.97 Å². The van der Waals surface area contributed by atoms with Crippen molar-refractivity contribution < 1.29 is 14.3 Å². The minimum absolute atomic E-state index is 0.105. The van der Waals surface area contributed by atoms with Crippen molar-refractivity contribution in [2.45, 2.75) is 45.4 Å². The number of amides is 1. The average molecular weight is 251 g/mol. The van der Waals surface area contributed by atoms with E-state index in [4.69, 9.17) is 4.74 Å². The molecule has 1 amide bonds. The van der Waals surface area contributed by atoms with Gasteiger partial charge in [-0.1, -0.05) is 6.08 Å². The molecule has 0 radical (unpaired) electrons. The fourth-order valence-corrected chi connectivity index (χ4v) is 2.88. The molecule has 1 heterocycles. The summed E-state index contributed by atoms with van der Waals surface area (Å²) in [5.41, 5.74) is 1.15. The zero-order valence-electron chi connectivity index (χ0n) is 11.0. The van der Waals surface area contributed by atoms with Gasteiger partial charge in [0.15, 0.2) is 0 Å². The van der Waals surface area contributed by atoms with Crippen LogP contribution in [0.5, 0.6) is 0 Å². The lowest BCUT2D eigenvalue weighted by Crippen LogP contribution is -2.39. The molecule has 1 aliphatic heterocycles. The lowest BCUT2D eigenvalue weighted by atomic mass is 9.85. The number of esters is 1. The van der Waals surface area contributed by atoms with Crippen molar-refractivity contribution in [1.82, 2.24) is 4.90 Å². The van der Waals surface area contributed by atoms with Gasteiger partial charge < -0.3 is 9.64 Å². The Labute approximate surface area is 108 Å². The highest BCUT2D eigenvalue weighted by Gasteiger charge is 2.31. The smallest absolute Gasteiger partial charge is 0.315 e. The third-order valence-corrected chi connectivity index (χ3v) is 3.68. The number of carbonyl (C=O) groups is 2. The minimum Gasteiger partial charge on any atom is -0.466 e. The highest BCUT2D eigenvalue weighted by atomic mass is 16.5. The Morgan fingerprint density at radius 3 is 2.94 bits per heavy atom. The number of carbonyl (C=O) groups excluding carboxylic acids is 2. The molecule has 100 valence electrons. The summed E-state index contributed by atoms with van der Waals surface area (Å²) < 4.78 is 4.83. The largest absolute Gasteiger partial charge is 0.466 e. The van der Waals surface area contributed by atoms with Gasteiger partial charge in [0, 0.05) is 12.2 Å². The Kier molecular flexibility index (Phi) is 4.39. The summed E-state index contributed by atoms with van der Waals surface area (Å²) >= 11 is 0. The Morgan fingerprint density at radius 2 is 2.17 bits per heavy atom. The first-order valence-electron chi connectivity index (χ1n) is 6.88. The summed E-state index contributed by atoms with van der Waals surface area (Å²) in [7, 11) is 0. The number of hydrogen-bond donors (Lipinski definition) is 0. The van der Waals surface area contributed by atoms with Crippen molar-refractivity contribution in [1.29, 1.82) is 0 Å². The van der Waals surface area contributed by atoms with Crippen LogP contribution in [0.1, 0.15) is 45.4 Å². The highest BCUT2D eigenvalue weighted by molar-refractivity contribution is 5.95. The van der Waals surface area contributed by atoms with Gasteiger partial charge in [-0.05, 0) is 44.9 Å². The summed E-state index contributed by atoms with van der Waals surface area (Å²) in [5.74, 6) is 0.00554. The van der Waals surface area contributed by atoms with E-state index in [1.54, 1.807) is 6.92 Å². The SMILES string of the molecule is CCOC(=O)CC(=O)N1CCCC2CCCC=C21. The molecule has 1 unspecified atom stereocenters. The van der Waals surface area contributed by atoms with Crippen molar-refractivity contribution in [3.63, 3.8) is 0 Å². The molecule has 0 saturated carbocycles. The number of fused-ring (bicyclic) bond motifs is 1. The molecule has 2 aliphatic rings. The maximum Gasteiger partial charge on any atom is 0.315 e. The Bertz CT molecular complexity index is 362. The van der Waals surface area contributed by atoms with Crippen molar-refractivity contribution >= 4 is 11.9 Å². The fraction of sp³-hybridized carbons (Fsp3) is 0.714. The second-order valence-corrected chi connectivity index (χ2v) is 4.93. The molecule has 18 heavy (non-hydrogen) atoms. The Hall–Kier alpha value is -1.32. The van der Waals surface area contributed by atoms with Crippen LogP contribution >= 0.6 is 0 Å². The zero-order valence-corrected chi connectivity index (χ0v) is 11.0. The number of allylic oxidation sites excluding steroid dienone is 2. The summed E-state index contributed by atoms with van der Waals surface area (Å²) in [6.07, 6.45) is 7.71. The van der Waals surface area contributed by atoms with Crippen LogP contribution in [0.4, 0.5) is 0 Å². The van der Waals surface area contributed by atoms with E-state index in [2.05, 4.69) is 6.08 Å². The van der Waals surface area contributed by atoms with Gasteiger partial charge in [-0.2, -0.15) is 0 Å². The van der Waals surface area contributed by atoms with E-state index in [0.29, 0.717) is 12.5 Å². The summed E-state index contributed by atoms with van der Waals surface area (Å²) in [6.45, 7) is 2.83. The highest BCUT2D eigenvalue weighted by Crippen LogP contribution is 2.35. The molecule has 0 aromatic heterocycles. The number of hydrogen-bond acceptors (Lipinski definition) is 3. The fourth-order valence-electron chi connectivity index (χ4n) is 2.88. The van der Waals surface area contributed by atoms with Gasteiger partial charge in [0.1, 0.15) is 6.42 Å². The molecular weight excluding hydrogens is 230 g/mol. The lowest BCUT2D eigenvalue weighted by Gasteiger charge is -2.37. The van der Waals surface area contributed by atoms with E-state index in [-0.39, 0.29) is 12.3 Å². The number of nitrogens with zero attached hydrogens (tertiary/aromatic N) is 1. The normalized spacial score (nSPS) is 23.1.